The van der Waals surface area contributed by atoms with Gasteiger partial charge in [-0.25, -0.2) is 4.39 Å². The van der Waals surface area contributed by atoms with Crippen LogP contribution in [0.4, 0.5) is 10.1 Å². The van der Waals surface area contributed by atoms with Gasteiger partial charge >= 0.3 is 0 Å². The molecule has 0 aliphatic rings. The quantitative estimate of drug-likeness (QED) is 0.676. The van der Waals surface area contributed by atoms with E-state index in [2.05, 4.69) is 5.32 Å². The molecule has 3 N–H and O–H groups in total. The molecular formula is C8H10ClFN2O. The Morgan fingerprint density at radius 2 is 2.15 bits per heavy atom. The molecule has 0 heterocycles. The summed E-state index contributed by atoms with van der Waals surface area (Å²) in [5, 5.41) is 2.32. The van der Waals surface area contributed by atoms with E-state index >= 15 is 0 Å². The number of nitrogen functional groups attached to an aromatic ring is 1. The van der Waals surface area contributed by atoms with Crippen molar-refractivity contribution in [2.75, 3.05) is 12.8 Å². The van der Waals surface area contributed by atoms with E-state index in [1.54, 1.807) is 0 Å². The molecule has 1 amide bonds. The first kappa shape index (κ1) is 11.7. The van der Waals surface area contributed by atoms with Gasteiger partial charge in [-0.3, -0.25) is 4.79 Å². The van der Waals surface area contributed by atoms with Gasteiger partial charge < -0.3 is 11.1 Å². The molecule has 13 heavy (non-hydrogen) atoms. The molecule has 1 aromatic rings. The Balaban J connectivity index is 0.00000144. The zero-order chi connectivity index (χ0) is 9.14. The first-order valence-electron chi connectivity index (χ1n) is 3.42. The Hall–Kier alpha value is -1.29. The van der Waals surface area contributed by atoms with E-state index in [1.165, 1.54) is 19.2 Å². The number of halogens is 2. The maximum Gasteiger partial charge on any atom is 0.253 e. The van der Waals surface area contributed by atoms with E-state index in [1.807, 2.05) is 0 Å². The van der Waals surface area contributed by atoms with E-state index < -0.39 is 11.7 Å². The Kier molecular flexibility index (Phi) is 4.20. The summed E-state index contributed by atoms with van der Waals surface area (Å²) in [6.07, 6.45) is 0. The summed E-state index contributed by atoms with van der Waals surface area (Å²) in [5.74, 6) is -1.05. The van der Waals surface area contributed by atoms with Crippen molar-refractivity contribution < 1.29 is 9.18 Å². The van der Waals surface area contributed by atoms with E-state index in [4.69, 9.17) is 5.73 Å². The number of nitrogens with one attached hydrogen (secondary N) is 1. The summed E-state index contributed by atoms with van der Waals surface area (Å²) in [4.78, 5) is 11.0. The molecule has 1 aromatic carbocycles. The zero-order valence-corrected chi connectivity index (χ0v) is 7.82. The van der Waals surface area contributed by atoms with Gasteiger partial charge in [-0.05, 0) is 18.2 Å². The number of hydrogen-bond acceptors (Lipinski definition) is 2. The first-order valence-corrected chi connectivity index (χ1v) is 3.42. The minimum atomic E-state index is -0.602. The lowest BCUT2D eigenvalue weighted by molar-refractivity contribution is 0.0959. The highest BCUT2D eigenvalue weighted by Gasteiger charge is 2.08. The van der Waals surface area contributed by atoms with Crippen LogP contribution in [0, 0.1) is 5.82 Å². The third-order valence-corrected chi connectivity index (χ3v) is 1.46. The maximum atomic E-state index is 12.9. The second-order valence-corrected chi connectivity index (χ2v) is 2.32. The minimum absolute atomic E-state index is 0. The molecule has 1 rings (SSSR count). The monoisotopic (exact) mass is 204 g/mol. The summed E-state index contributed by atoms with van der Waals surface area (Å²) in [6, 6.07) is 3.95. The third-order valence-electron chi connectivity index (χ3n) is 1.46. The van der Waals surface area contributed by atoms with Crippen molar-refractivity contribution in [3.8, 4) is 0 Å². The molecule has 3 nitrogen and oxygen atoms in total. The lowest BCUT2D eigenvalue weighted by atomic mass is 10.2. The van der Waals surface area contributed by atoms with Crippen LogP contribution in [0.15, 0.2) is 18.2 Å². The van der Waals surface area contributed by atoms with Gasteiger partial charge in [-0.15, -0.1) is 12.4 Å². The van der Waals surface area contributed by atoms with Gasteiger partial charge in [0.15, 0.2) is 0 Å². The van der Waals surface area contributed by atoms with Crippen molar-refractivity contribution in [3.63, 3.8) is 0 Å². The fourth-order valence-corrected chi connectivity index (χ4v) is 0.850. The van der Waals surface area contributed by atoms with Crippen molar-refractivity contribution in [2.24, 2.45) is 0 Å². The molecule has 0 radical (unpaired) electrons. The molecule has 5 heteroatoms. The summed E-state index contributed by atoms with van der Waals surface area (Å²) in [5.41, 5.74) is 5.61. The Morgan fingerprint density at radius 1 is 1.54 bits per heavy atom. The molecule has 0 unspecified atom stereocenters. The summed E-state index contributed by atoms with van der Waals surface area (Å²) in [6.45, 7) is 0. The molecular weight excluding hydrogens is 195 g/mol. The lowest BCUT2D eigenvalue weighted by Gasteiger charge is -2.01. The van der Waals surface area contributed by atoms with Crippen molar-refractivity contribution in [1.29, 1.82) is 0 Å². The standard InChI is InChI=1S/C8H9FN2O.ClH/c1-11-8(12)6-3-2-5(10)4-7(6)9;/h2-4H,10H2,1H3,(H,11,12);1H. The fraction of sp³-hybridized carbons (Fsp3) is 0.125. The summed E-state index contributed by atoms with van der Waals surface area (Å²) in [7, 11) is 1.44. The SMILES string of the molecule is CNC(=O)c1ccc(N)cc1F.Cl. The molecule has 0 fully saturated rings. The smallest absolute Gasteiger partial charge is 0.253 e. The molecule has 0 saturated carbocycles. The van der Waals surface area contributed by atoms with Crippen LogP contribution in [0.1, 0.15) is 10.4 Å². The van der Waals surface area contributed by atoms with Crippen LogP contribution in [0.2, 0.25) is 0 Å². The molecule has 0 bridgehead atoms. The number of amides is 1. The Morgan fingerprint density at radius 3 is 2.62 bits per heavy atom. The Labute approximate surface area is 81.5 Å². The van der Waals surface area contributed by atoms with Crippen LogP contribution >= 0.6 is 12.4 Å². The largest absolute Gasteiger partial charge is 0.399 e. The van der Waals surface area contributed by atoms with Crippen molar-refractivity contribution in [2.45, 2.75) is 0 Å². The van der Waals surface area contributed by atoms with E-state index in [-0.39, 0.29) is 18.0 Å². The van der Waals surface area contributed by atoms with Crippen LogP contribution in [0.25, 0.3) is 0 Å². The highest BCUT2D eigenvalue weighted by molar-refractivity contribution is 5.94. The van der Waals surface area contributed by atoms with Gasteiger partial charge in [-0.1, -0.05) is 0 Å². The van der Waals surface area contributed by atoms with E-state index in [9.17, 15) is 9.18 Å². The zero-order valence-electron chi connectivity index (χ0n) is 7.00. The Bertz CT molecular complexity index is 317. The van der Waals surface area contributed by atoms with E-state index in [0.717, 1.165) is 6.07 Å². The number of hydrogen-bond donors (Lipinski definition) is 2. The molecule has 0 saturated heterocycles. The summed E-state index contributed by atoms with van der Waals surface area (Å²) >= 11 is 0. The molecule has 0 aromatic heterocycles. The van der Waals surface area contributed by atoms with Crippen LogP contribution in [-0.4, -0.2) is 13.0 Å². The molecule has 0 spiro atoms. The normalized spacial score (nSPS) is 8.77. The van der Waals surface area contributed by atoms with Gasteiger partial charge in [0.2, 0.25) is 0 Å². The molecule has 0 atom stereocenters. The van der Waals surface area contributed by atoms with Gasteiger partial charge in [0, 0.05) is 12.7 Å². The van der Waals surface area contributed by atoms with Gasteiger partial charge in [0.1, 0.15) is 5.82 Å². The number of carbonyl (C=O) groups excluding carboxylic acids is 1. The van der Waals surface area contributed by atoms with Crippen LogP contribution in [-0.2, 0) is 0 Å². The maximum absolute atomic E-state index is 12.9. The van der Waals surface area contributed by atoms with Gasteiger partial charge in [0.05, 0.1) is 5.56 Å². The van der Waals surface area contributed by atoms with Crippen LogP contribution in [0.3, 0.4) is 0 Å². The second kappa shape index (κ2) is 4.67. The number of anilines is 1. The predicted molar refractivity (Wildman–Crippen MR) is 51.5 cm³/mol. The van der Waals surface area contributed by atoms with E-state index in [0.29, 0.717) is 5.69 Å². The highest BCUT2D eigenvalue weighted by atomic mass is 35.5. The number of carbonyl (C=O) groups is 1. The highest BCUT2D eigenvalue weighted by Crippen LogP contribution is 2.11. The number of rotatable bonds is 1. The average Bonchev–Trinajstić information content (AvgIpc) is 2.03. The third kappa shape index (κ3) is 2.59. The van der Waals surface area contributed by atoms with Crippen molar-refractivity contribution in [1.82, 2.24) is 5.32 Å². The van der Waals surface area contributed by atoms with Gasteiger partial charge in [0.25, 0.3) is 5.91 Å². The number of benzene rings is 1. The fourth-order valence-electron chi connectivity index (χ4n) is 0.850. The van der Waals surface area contributed by atoms with Crippen molar-refractivity contribution >= 4 is 24.0 Å². The lowest BCUT2D eigenvalue weighted by Crippen LogP contribution is -2.19. The first-order chi connectivity index (χ1) is 5.65. The predicted octanol–water partition coefficient (Wildman–Crippen LogP) is 1.19. The molecule has 72 valence electrons. The topological polar surface area (TPSA) is 55.1 Å². The molecule has 0 aliphatic carbocycles. The number of nitrogens with two attached hydrogens (primary N) is 1. The van der Waals surface area contributed by atoms with Crippen LogP contribution in [0.5, 0.6) is 0 Å². The van der Waals surface area contributed by atoms with Gasteiger partial charge in [-0.2, -0.15) is 0 Å². The van der Waals surface area contributed by atoms with Crippen molar-refractivity contribution in [3.05, 3.63) is 29.6 Å². The summed E-state index contributed by atoms with van der Waals surface area (Å²) < 4.78 is 12.9. The minimum Gasteiger partial charge on any atom is -0.399 e. The molecule has 0 aliphatic heterocycles. The second-order valence-electron chi connectivity index (χ2n) is 2.32. The van der Waals surface area contributed by atoms with Crippen LogP contribution < -0.4 is 11.1 Å². The average molecular weight is 205 g/mol.